The lowest BCUT2D eigenvalue weighted by Gasteiger charge is -2.33. The molecule has 1 aliphatic heterocycles. The van der Waals surface area contributed by atoms with E-state index in [2.05, 4.69) is 35.9 Å². The van der Waals surface area contributed by atoms with Gasteiger partial charge in [0.2, 0.25) is 0 Å². The highest BCUT2D eigenvalue weighted by molar-refractivity contribution is 7.71. The van der Waals surface area contributed by atoms with E-state index < -0.39 is 0 Å². The molecule has 0 radical (unpaired) electrons. The van der Waals surface area contributed by atoms with Gasteiger partial charge in [0.15, 0.2) is 4.77 Å². The molecule has 122 valence electrons. The maximum absolute atomic E-state index is 12.4. The van der Waals surface area contributed by atoms with E-state index in [4.69, 9.17) is 17.0 Å². The lowest BCUT2D eigenvalue weighted by Crippen LogP contribution is -2.35. The van der Waals surface area contributed by atoms with Gasteiger partial charge in [-0.3, -0.25) is 9.78 Å². The van der Waals surface area contributed by atoms with Gasteiger partial charge in [0.1, 0.15) is 0 Å². The van der Waals surface area contributed by atoms with Gasteiger partial charge < -0.3 is 9.72 Å². The average molecular weight is 330 g/mol. The number of ether oxygens (including phenoxy) is 1. The Morgan fingerprint density at radius 2 is 2.00 bits per heavy atom. The van der Waals surface area contributed by atoms with E-state index in [1.165, 1.54) is 5.56 Å². The zero-order valence-corrected chi connectivity index (χ0v) is 14.3. The molecule has 0 aliphatic carbocycles. The van der Waals surface area contributed by atoms with Crippen molar-refractivity contribution in [3.8, 4) is 0 Å². The number of nitrogens with one attached hydrogen (secondary N) is 2. The third kappa shape index (κ3) is 3.62. The molecule has 1 aromatic heterocycles. The molecule has 0 amide bonds. The molecule has 2 heterocycles. The van der Waals surface area contributed by atoms with Crippen molar-refractivity contribution in [1.29, 1.82) is 0 Å². The van der Waals surface area contributed by atoms with Gasteiger partial charge in [-0.25, -0.2) is 0 Å². The van der Waals surface area contributed by atoms with Gasteiger partial charge in [-0.2, -0.15) is 0 Å². The monoisotopic (exact) mass is 330 g/mol. The van der Waals surface area contributed by atoms with E-state index >= 15 is 0 Å². The van der Waals surface area contributed by atoms with Crippen molar-refractivity contribution in [1.82, 2.24) is 9.97 Å². The smallest absolute Gasteiger partial charge is 0.257 e. The minimum absolute atomic E-state index is 0.107. The van der Waals surface area contributed by atoms with Gasteiger partial charge in [0, 0.05) is 12.1 Å². The number of aryl methyl sites for hydroxylation is 1. The summed E-state index contributed by atoms with van der Waals surface area (Å²) in [5, 5.41) is 0. The molecule has 2 N–H and O–H groups in total. The van der Waals surface area contributed by atoms with Crippen molar-refractivity contribution < 1.29 is 4.74 Å². The SMILES string of the molecule is CC(C)[C@@H]1Cc2[nH]c(=S)[nH]c(=O)c2[C@H](CCc2ccccc2)O1. The van der Waals surface area contributed by atoms with Crippen molar-refractivity contribution in [2.24, 2.45) is 5.92 Å². The van der Waals surface area contributed by atoms with Gasteiger partial charge in [-0.05, 0) is 36.5 Å². The molecule has 2 aromatic rings. The second-order valence-electron chi connectivity index (χ2n) is 6.44. The second-order valence-corrected chi connectivity index (χ2v) is 6.84. The number of fused-ring (bicyclic) bond motifs is 1. The van der Waals surface area contributed by atoms with Crippen LogP contribution in [0, 0.1) is 10.7 Å². The van der Waals surface area contributed by atoms with E-state index in [9.17, 15) is 4.79 Å². The van der Waals surface area contributed by atoms with Crippen LogP contribution in [0.4, 0.5) is 0 Å². The summed E-state index contributed by atoms with van der Waals surface area (Å²) in [6.07, 6.45) is 2.29. The Balaban J connectivity index is 1.90. The van der Waals surface area contributed by atoms with Gasteiger partial charge >= 0.3 is 0 Å². The van der Waals surface area contributed by atoms with Crippen LogP contribution in [-0.2, 0) is 17.6 Å². The van der Waals surface area contributed by atoms with Crippen molar-refractivity contribution >= 4 is 12.2 Å². The first-order chi connectivity index (χ1) is 11.0. The molecule has 0 spiro atoms. The molecule has 23 heavy (non-hydrogen) atoms. The van der Waals surface area contributed by atoms with E-state index in [1.807, 2.05) is 18.2 Å². The van der Waals surface area contributed by atoms with Crippen molar-refractivity contribution in [2.75, 3.05) is 0 Å². The van der Waals surface area contributed by atoms with Crippen LogP contribution in [0.15, 0.2) is 35.1 Å². The molecule has 2 atom stereocenters. The van der Waals surface area contributed by atoms with Gasteiger partial charge in [-0.1, -0.05) is 44.2 Å². The summed E-state index contributed by atoms with van der Waals surface area (Å²) in [5.41, 5.74) is 2.78. The highest BCUT2D eigenvalue weighted by Crippen LogP contribution is 2.32. The largest absolute Gasteiger partial charge is 0.369 e. The summed E-state index contributed by atoms with van der Waals surface area (Å²) in [6.45, 7) is 4.29. The minimum Gasteiger partial charge on any atom is -0.369 e. The van der Waals surface area contributed by atoms with Crippen LogP contribution in [0.1, 0.15) is 43.2 Å². The predicted molar refractivity (Wildman–Crippen MR) is 93.2 cm³/mol. The van der Waals surface area contributed by atoms with E-state index in [0.29, 0.717) is 22.7 Å². The van der Waals surface area contributed by atoms with E-state index in [-0.39, 0.29) is 17.8 Å². The third-order valence-corrected chi connectivity index (χ3v) is 4.61. The fourth-order valence-corrected chi connectivity index (χ4v) is 3.34. The Kier molecular flexibility index (Phi) is 4.78. The molecule has 1 aliphatic rings. The molecular formula is C18H22N2O2S. The topological polar surface area (TPSA) is 57.9 Å². The first-order valence-corrected chi connectivity index (χ1v) is 8.50. The summed E-state index contributed by atoms with van der Waals surface area (Å²) in [4.78, 5) is 18.2. The highest BCUT2D eigenvalue weighted by atomic mass is 32.1. The summed E-state index contributed by atoms with van der Waals surface area (Å²) in [7, 11) is 0. The molecular weight excluding hydrogens is 308 g/mol. The zero-order chi connectivity index (χ0) is 16.4. The zero-order valence-electron chi connectivity index (χ0n) is 13.5. The molecule has 1 aromatic carbocycles. The van der Waals surface area contributed by atoms with E-state index in [0.717, 1.165) is 18.5 Å². The van der Waals surface area contributed by atoms with Gasteiger partial charge in [-0.15, -0.1) is 0 Å². The number of hydrogen-bond donors (Lipinski definition) is 2. The maximum Gasteiger partial charge on any atom is 0.257 e. The standard InChI is InChI=1S/C18H22N2O2S/c1-11(2)15-10-13-16(17(21)20-18(23)19-13)14(22-15)9-8-12-6-4-3-5-7-12/h3-7,11,14-15H,8-10H2,1-2H3,(H2,19,20,21,23)/t14-,15-/m0/s1. The van der Waals surface area contributed by atoms with Crippen molar-refractivity contribution in [3.05, 3.63) is 62.3 Å². The van der Waals surface area contributed by atoms with Crippen molar-refractivity contribution in [2.45, 2.75) is 45.3 Å². The van der Waals surface area contributed by atoms with E-state index in [1.54, 1.807) is 0 Å². The number of aromatic amines is 2. The van der Waals surface area contributed by atoms with Crippen LogP contribution < -0.4 is 5.56 Å². The van der Waals surface area contributed by atoms with Crippen molar-refractivity contribution in [3.63, 3.8) is 0 Å². The van der Waals surface area contributed by atoms with Crippen LogP contribution in [0.25, 0.3) is 0 Å². The second kappa shape index (κ2) is 6.81. The van der Waals surface area contributed by atoms with Gasteiger partial charge in [0.25, 0.3) is 5.56 Å². The average Bonchev–Trinajstić information content (AvgIpc) is 2.52. The van der Waals surface area contributed by atoms with Crippen LogP contribution in [0.2, 0.25) is 0 Å². The number of hydrogen-bond acceptors (Lipinski definition) is 3. The number of H-pyrrole nitrogens is 2. The lowest BCUT2D eigenvalue weighted by atomic mass is 9.92. The predicted octanol–water partition coefficient (Wildman–Crippen LogP) is 3.70. The molecule has 0 saturated heterocycles. The molecule has 0 bridgehead atoms. The number of rotatable bonds is 4. The Hall–Kier alpha value is -1.72. The first-order valence-electron chi connectivity index (χ1n) is 8.09. The summed E-state index contributed by atoms with van der Waals surface area (Å²) in [6, 6.07) is 10.3. The lowest BCUT2D eigenvalue weighted by molar-refractivity contribution is -0.0539. The number of benzene rings is 1. The van der Waals surface area contributed by atoms with Gasteiger partial charge in [0.05, 0.1) is 17.8 Å². The normalized spacial score (nSPS) is 20.5. The Bertz CT molecular complexity index is 780. The Morgan fingerprint density at radius 1 is 1.26 bits per heavy atom. The van der Waals surface area contributed by atoms with Crippen LogP contribution in [0.5, 0.6) is 0 Å². The molecule has 3 rings (SSSR count). The number of aromatic nitrogens is 2. The first kappa shape index (κ1) is 16.1. The molecule has 0 unspecified atom stereocenters. The van der Waals surface area contributed by atoms with Crippen LogP contribution in [0.3, 0.4) is 0 Å². The fourth-order valence-electron chi connectivity index (χ4n) is 3.12. The minimum atomic E-state index is -0.193. The molecule has 4 nitrogen and oxygen atoms in total. The summed E-state index contributed by atoms with van der Waals surface area (Å²) < 4.78 is 6.63. The maximum atomic E-state index is 12.4. The molecule has 0 fully saturated rings. The fraction of sp³-hybridized carbons (Fsp3) is 0.444. The quantitative estimate of drug-likeness (QED) is 0.840. The molecule has 0 saturated carbocycles. The third-order valence-electron chi connectivity index (χ3n) is 4.41. The Morgan fingerprint density at radius 3 is 2.70 bits per heavy atom. The molecule has 5 heteroatoms. The Labute approximate surface area is 140 Å². The highest BCUT2D eigenvalue weighted by Gasteiger charge is 2.31. The summed E-state index contributed by atoms with van der Waals surface area (Å²) in [5.74, 6) is 0.392. The van der Waals surface area contributed by atoms with Crippen LogP contribution >= 0.6 is 12.2 Å². The van der Waals surface area contributed by atoms with Crippen LogP contribution in [-0.4, -0.2) is 16.1 Å². The summed E-state index contributed by atoms with van der Waals surface area (Å²) >= 11 is 5.12.